The highest BCUT2D eigenvalue weighted by molar-refractivity contribution is 9.10. The van der Waals surface area contributed by atoms with Gasteiger partial charge in [0.1, 0.15) is 5.69 Å². The highest BCUT2D eigenvalue weighted by Gasteiger charge is 2.20. The molecule has 1 aromatic heterocycles. The first-order valence-corrected chi connectivity index (χ1v) is 10.2. The van der Waals surface area contributed by atoms with Gasteiger partial charge in [-0.05, 0) is 47.3 Å². The quantitative estimate of drug-likeness (QED) is 0.405. The Balaban J connectivity index is 2.35. The van der Waals surface area contributed by atoms with Crippen LogP contribution in [0.5, 0.6) is 0 Å². The van der Waals surface area contributed by atoms with Gasteiger partial charge in [0.15, 0.2) is 0 Å². The van der Waals surface area contributed by atoms with Crippen molar-refractivity contribution >= 4 is 54.5 Å². The fraction of sp³-hybridized carbons (Fsp3) is 0.400. The summed E-state index contributed by atoms with van der Waals surface area (Å²) in [4.78, 5) is 15.2. The molecule has 0 fully saturated rings. The van der Waals surface area contributed by atoms with Gasteiger partial charge in [0.25, 0.3) is 10.1 Å². The number of ether oxygens (including phenoxy) is 1. The fourth-order valence-electron chi connectivity index (χ4n) is 2.36. The zero-order chi connectivity index (χ0) is 17.9. The van der Waals surface area contributed by atoms with Crippen molar-refractivity contribution in [1.82, 2.24) is 4.98 Å². The van der Waals surface area contributed by atoms with Gasteiger partial charge in [-0.2, -0.15) is 8.42 Å². The third-order valence-corrected chi connectivity index (χ3v) is 5.28. The molecule has 0 atom stereocenters. The topological polar surface area (TPSA) is 85.5 Å². The number of H-pyrrole nitrogens is 1. The van der Waals surface area contributed by atoms with Crippen molar-refractivity contribution in [3.05, 3.63) is 32.9 Å². The minimum atomic E-state index is -3.48. The lowest BCUT2D eigenvalue weighted by molar-refractivity contribution is 0.0519. The largest absolute Gasteiger partial charge is 0.461 e. The number of carbonyl (C=O) groups is 1. The third-order valence-electron chi connectivity index (χ3n) is 3.32. The van der Waals surface area contributed by atoms with Gasteiger partial charge >= 0.3 is 5.97 Å². The van der Waals surface area contributed by atoms with Crippen LogP contribution in [0.3, 0.4) is 0 Å². The number of aromatic amines is 1. The summed E-state index contributed by atoms with van der Waals surface area (Å²) in [6.45, 7) is 2.03. The summed E-state index contributed by atoms with van der Waals surface area (Å²) in [5.74, 6) is -0.462. The third kappa shape index (κ3) is 4.50. The molecule has 0 bridgehead atoms. The number of hydrogen-bond donors (Lipinski definition) is 1. The molecule has 1 N–H and O–H groups in total. The van der Waals surface area contributed by atoms with Crippen LogP contribution in [0.25, 0.3) is 10.9 Å². The molecule has 1 heterocycles. The van der Waals surface area contributed by atoms with E-state index in [1.165, 1.54) is 0 Å². The number of carbonyl (C=O) groups excluding carboxylic acids is 1. The minimum Gasteiger partial charge on any atom is -0.461 e. The van der Waals surface area contributed by atoms with Gasteiger partial charge in [0.2, 0.25) is 0 Å². The number of hydrogen-bond acceptors (Lipinski definition) is 5. The summed E-state index contributed by atoms with van der Waals surface area (Å²) in [5, 5.41) is 1.35. The number of aryl methyl sites for hydroxylation is 1. The second-order valence-corrected chi connectivity index (χ2v) is 7.96. The van der Waals surface area contributed by atoms with E-state index >= 15 is 0 Å². The number of fused-ring (bicyclic) bond motifs is 1. The predicted molar refractivity (Wildman–Crippen MR) is 96.1 cm³/mol. The van der Waals surface area contributed by atoms with E-state index < -0.39 is 16.1 Å². The van der Waals surface area contributed by atoms with E-state index in [1.807, 2.05) is 6.07 Å². The molecule has 2 rings (SSSR count). The lowest BCUT2D eigenvalue weighted by atomic mass is 10.1. The van der Waals surface area contributed by atoms with Gasteiger partial charge in [0, 0.05) is 5.39 Å². The molecule has 9 heteroatoms. The highest BCUT2D eigenvalue weighted by Crippen LogP contribution is 2.34. The second kappa shape index (κ2) is 7.86. The van der Waals surface area contributed by atoms with Crippen LogP contribution in [0.1, 0.15) is 29.4 Å². The molecule has 0 spiro atoms. The maximum absolute atomic E-state index is 12.2. The van der Waals surface area contributed by atoms with Crippen LogP contribution in [-0.2, 0) is 25.5 Å². The number of benzene rings is 1. The minimum absolute atomic E-state index is 0.0442. The molecule has 0 unspecified atom stereocenters. The maximum Gasteiger partial charge on any atom is 0.355 e. The molecular formula is C15H17BrClNO5S. The Morgan fingerprint density at radius 2 is 2.08 bits per heavy atom. The van der Waals surface area contributed by atoms with Crippen molar-refractivity contribution in [2.45, 2.75) is 19.8 Å². The summed E-state index contributed by atoms with van der Waals surface area (Å²) in [6, 6.07) is 3.54. The first-order valence-electron chi connectivity index (χ1n) is 7.24. The van der Waals surface area contributed by atoms with E-state index in [4.69, 9.17) is 20.5 Å². The molecular weight excluding hydrogens is 422 g/mol. The van der Waals surface area contributed by atoms with Gasteiger partial charge in [0.05, 0.1) is 34.5 Å². The lowest BCUT2D eigenvalue weighted by Crippen LogP contribution is -2.09. The van der Waals surface area contributed by atoms with E-state index in [-0.39, 0.29) is 13.2 Å². The molecule has 0 saturated heterocycles. The maximum atomic E-state index is 12.2. The van der Waals surface area contributed by atoms with Crippen LogP contribution in [-0.4, -0.2) is 38.8 Å². The fourth-order valence-corrected chi connectivity index (χ4v) is 3.38. The summed E-state index contributed by atoms with van der Waals surface area (Å²) in [5.41, 5.74) is 1.79. The molecule has 6 nitrogen and oxygen atoms in total. The Kier molecular flexibility index (Phi) is 6.30. The van der Waals surface area contributed by atoms with Crippen molar-refractivity contribution in [3.63, 3.8) is 0 Å². The SMILES string of the molecule is CCOC(=O)c1[nH]c2c(Br)c(Cl)ccc2c1CCCOS(C)(=O)=O. The number of esters is 1. The first kappa shape index (κ1) is 19.2. The van der Waals surface area contributed by atoms with Gasteiger partial charge in [-0.25, -0.2) is 4.79 Å². The van der Waals surface area contributed by atoms with Crippen LogP contribution >= 0.6 is 27.5 Å². The molecule has 0 aliphatic rings. The number of halogens is 2. The van der Waals surface area contributed by atoms with Crippen LogP contribution in [0.15, 0.2) is 16.6 Å². The number of rotatable bonds is 7. The molecule has 0 aliphatic heterocycles. The predicted octanol–water partition coefficient (Wildman–Crippen LogP) is 3.67. The van der Waals surface area contributed by atoms with Crippen molar-refractivity contribution in [2.75, 3.05) is 19.5 Å². The van der Waals surface area contributed by atoms with Crippen molar-refractivity contribution in [2.24, 2.45) is 0 Å². The Morgan fingerprint density at radius 3 is 2.71 bits per heavy atom. The summed E-state index contributed by atoms with van der Waals surface area (Å²) < 4.78 is 32.5. The Morgan fingerprint density at radius 1 is 1.38 bits per heavy atom. The molecule has 1 aromatic carbocycles. The van der Waals surface area contributed by atoms with Crippen LogP contribution in [0.2, 0.25) is 5.02 Å². The lowest BCUT2D eigenvalue weighted by Gasteiger charge is -2.05. The number of aromatic nitrogens is 1. The molecule has 0 saturated carbocycles. The zero-order valence-corrected chi connectivity index (χ0v) is 16.3. The Labute approximate surface area is 153 Å². The van der Waals surface area contributed by atoms with Crippen LogP contribution in [0, 0.1) is 0 Å². The van der Waals surface area contributed by atoms with Gasteiger partial charge in [-0.3, -0.25) is 4.18 Å². The molecule has 132 valence electrons. The highest BCUT2D eigenvalue weighted by atomic mass is 79.9. The van der Waals surface area contributed by atoms with E-state index in [0.29, 0.717) is 33.5 Å². The van der Waals surface area contributed by atoms with Crippen molar-refractivity contribution < 1.29 is 22.1 Å². The summed E-state index contributed by atoms with van der Waals surface area (Å²) in [7, 11) is -3.48. The molecule has 2 aromatic rings. The second-order valence-electron chi connectivity index (χ2n) is 5.11. The van der Waals surface area contributed by atoms with Gasteiger partial charge in [-0.15, -0.1) is 0 Å². The molecule has 24 heavy (non-hydrogen) atoms. The average Bonchev–Trinajstić information content (AvgIpc) is 2.86. The summed E-state index contributed by atoms with van der Waals surface area (Å²) in [6.07, 6.45) is 1.90. The Bertz CT molecular complexity index is 862. The molecule has 0 radical (unpaired) electrons. The van der Waals surface area contributed by atoms with Gasteiger partial charge < -0.3 is 9.72 Å². The normalized spacial score (nSPS) is 11.8. The van der Waals surface area contributed by atoms with Gasteiger partial charge in [-0.1, -0.05) is 17.7 Å². The van der Waals surface area contributed by atoms with Crippen molar-refractivity contribution in [1.29, 1.82) is 0 Å². The molecule has 0 amide bonds. The number of nitrogens with one attached hydrogen (secondary N) is 1. The monoisotopic (exact) mass is 437 g/mol. The van der Waals surface area contributed by atoms with Crippen LogP contribution in [0.4, 0.5) is 0 Å². The summed E-state index contributed by atoms with van der Waals surface area (Å²) >= 11 is 9.50. The van der Waals surface area contributed by atoms with E-state index in [0.717, 1.165) is 17.2 Å². The van der Waals surface area contributed by atoms with E-state index in [1.54, 1.807) is 13.0 Å². The standard InChI is InChI=1S/C15H17BrClNO5S/c1-3-22-15(19)14-9(5-4-8-23-24(2,20)21)10-6-7-11(17)12(16)13(10)18-14/h6-7,18H,3-5,8H2,1-2H3. The van der Waals surface area contributed by atoms with Crippen LogP contribution < -0.4 is 0 Å². The van der Waals surface area contributed by atoms with Crippen molar-refractivity contribution in [3.8, 4) is 0 Å². The zero-order valence-electron chi connectivity index (χ0n) is 13.2. The van der Waals surface area contributed by atoms with E-state index in [9.17, 15) is 13.2 Å². The first-order chi connectivity index (χ1) is 11.2. The smallest absolute Gasteiger partial charge is 0.355 e. The Hall–Kier alpha value is -1.09. The van der Waals surface area contributed by atoms with E-state index in [2.05, 4.69) is 20.9 Å². The average molecular weight is 439 g/mol. The molecule has 0 aliphatic carbocycles.